The molecule has 6 nitrogen and oxygen atoms in total. The van der Waals surface area contributed by atoms with Crippen LogP contribution in [0.4, 0.5) is 0 Å². The standard InChI is InChI=1S/C6H9NO5/c8-4(9)6(5(10)11)2-1-3-7(6)12/h12H,1-3H2,(H,8,9)(H,10,11). The molecule has 12 heavy (non-hydrogen) atoms. The molecule has 0 aromatic rings. The van der Waals surface area contributed by atoms with E-state index >= 15 is 0 Å². The maximum absolute atomic E-state index is 10.6. The first-order chi connectivity index (χ1) is 5.51. The summed E-state index contributed by atoms with van der Waals surface area (Å²) in [6, 6.07) is 0. The molecule has 68 valence electrons. The van der Waals surface area contributed by atoms with E-state index in [9.17, 15) is 9.59 Å². The summed E-state index contributed by atoms with van der Waals surface area (Å²) < 4.78 is 0. The largest absolute Gasteiger partial charge is 0.479 e. The number of carboxylic acids is 2. The molecule has 0 spiro atoms. The zero-order valence-electron chi connectivity index (χ0n) is 6.23. The molecule has 1 rings (SSSR count). The second-order valence-corrected chi connectivity index (χ2v) is 2.70. The minimum atomic E-state index is -2.12. The lowest BCUT2D eigenvalue weighted by Crippen LogP contribution is -2.55. The van der Waals surface area contributed by atoms with Gasteiger partial charge in [-0.1, -0.05) is 0 Å². The Bertz CT molecular complexity index is 212. The van der Waals surface area contributed by atoms with Gasteiger partial charge in [-0.25, -0.2) is 9.59 Å². The van der Waals surface area contributed by atoms with E-state index in [2.05, 4.69) is 0 Å². The number of hydrogen-bond donors (Lipinski definition) is 3. The third-order valence-electron chi connectivity index (χ3n) is 2.06. The molecule has 1 fully saturated rings. The Hall–Kier alpha value is -1.14. The van der Waals surface area contributed by atoms with E-state index in [1.807, 2.05) is 0 Å². The number of hydrogen-bond acceptors (Lipinski definition) is 4. The zero-order valence-corrected chi connectivity index (χ0v) is 6.23. The van der Waals surface area contributed by atoms with Crippen molar-refractivity contribution in [3.8, 4) is 0 Å². The lowest BCUT2D eigenvalue weighted by atomic mass is 9.98. The Morgan fingerprint density at radius 2 is 1.75 bits per heavy atom. The van der Waals surface area contributed by atoms with Crippen molar-refractivity contribution in [2.45, 2.75) is 18.4 Å². The van der Waals surface area contributed by atoms with Crippen molar-refractivity contribution in [1.29, 1.82) is 0 Å². The third-order valence-corrected chi connectivity index (χ3v) is 2.06. The highest BCUT2D eigenvalue weighted by Crippen LogP contribution is 2.27. The molecule has 0 amide bonds. The Morgan fingerprint density at radius 1 is 1.25 bits per heavy atom. The van der Waals surface area contributed by atoms with Gasteiger partial charge < -0.3 is 15.4 Å². The van der Waals surface area contributed by atoms with Gasteiger partial charge in [0.05, 0.1) is 0 Å². The molecule has 0 aliphatic carbocycles. The first-order valence-electron chi connectivity index (χ1n) is 3.45. The summed E-state index contributed by atoms with van der Waals surface area (Å²) in [6.07, 6.45) is 0.309. The molecular formula is C6H9NO5. The number of hydroxylamine groups is 2. The van der Waals surface area contributed by atoms with Crippen molar-refractivity contribution in [3.05, 3.63) is 0 Å². The van der Waals surface area contributed by atoms with Crippen molar-refractivity contribution in [3.63, 3.8) is 0 Å². The maximum atomic E-state index is 10.6. The monoisotopic (exact) mass is 175 g/mol. The van der Waals surface area contributed by atoms with E-state index in [-0.39, 0.29) is 13.0 Å². The molecule has 0 saturated carbocycles. The highest BCUT2D eigenvalue weighted by molar-refractivity contribution is 6.03. The first kappa shape index (κ1) is 8.95. The average molecular weight is 175 g/mol. The van der Waals surface area contributed by atoms with Gasteiger partial charge in [0.25, 0.3) is 0 Å². The molecule has 0 atom stereocenters. The minimum Gasteiger partial charge on any atom is -0.479 e. The number of rotatable bonds is 2. The molecule has 0 bridgehead atoms. The Balaban J connectivity index is 3.01. The highest BCUT2D eigenvalue weighted by Gasteiger charge is 2.54. The van der Waals surface area contributed by atoms with Crippen molar-refractivity contribution in [2.24, 2.45) is 0 Å². The summed E-state index contributed by atoms with van der Waals surface area (Å²) in [5.41, 5.74) is -2.12. The number of carbonyl (C=O) groups is 2. The van der Waals surface area contributed by atoms with Crippen LogP contribution in [0.5, 0.6) is 0 Å². The fraction of sp³-hybridized carbons (Fsp3) is 0.667. The van der Waals surface area contributed by atoms with Crippen LogP contribution in [0.3, 0.4) is 0 Å². The van der Waals surface area contributed by atoms with Crippen LogP contribution in [0.1, 0.15) is 12.8 Å². The lowest BCUT2D eigenvalue weighted by Gasteiger charge is -2.24. The fourth-order valence-electron chi connectivity index (χ4n) is 1.33. The average Bonchev–Trinajstić information content (AvgIpc) is 2.31. The van der Waals surface area contributed by atoms with Gasteiger partial charge in [0, 0.05) is 6.54 Å². The molecule has 1 aliphatic rings. The normalized spacial score (nSPS) is 22.4. The van der Waals surface area contributed by atoms with E-state index in [0.29, 0.717) is 11.5 Å². The van der Waals surface area contributed by atoms with Crippen molar-refractivity contribution < 1.29 is 25.0 Å². The van der Waals surface area contributed by atoms with Gasteiger partial charge in [0.2, 0.25) is 5.54 Å². The molecule has 0 aromatic carbocycles. The summed E-state index contributed by atoms with van der Waals surface area (Å²) in [5.74, 6) is -3.04. The zero-order chi connectivity index (χ0) is 9.35. The predicted molar refractivity (Wildman–Crippen MR) is 35.7 cm³/mol. The van der Waals surface area contributed by atoms with Crippen molar-refractivity contribution in [1.82, 2.24) is 5.06 Å². The Morgan fingerprint density at radius 3 is 1.92 bits per heavy atom. The van der Waals surface area contributed by atoms with E-state index in [1.165, 1.54) is 0 Å². The minimum absolute atomic E-state index is 0.0613. The third kappa shape index (κ3) is 0.961. The number of carboxylic acid groups (broad SMARTS) is 2. The van der Waals surface area contributed by atoms with E-state index in [4.69, 9.17) is 15.4 Å². The van der Waals surface area contributed by atoms with Gasteiger partial charge in [-0.05, 0) is 12.8 Å². The van der Waals surface area contributed by atoms with Crippen LogP contribution in [0, 0.1) is 0 Å². The lowest BCUT2D eigenvalue weighted by molar-refractivity contribution is -0.197. The van der Waals surface area contributed by atoms with Crippen LogP contribution in [0.25, 0.3) is 0 Å². The molecule has 0 unspecified atom stereocenters. The molecule has 1 saturated heterocycles. The maximum Gasteiger partial charge on any atom is 0.338 e. The van der Waals surface area contributed by atoms with Gasteiger partial charge in [0.1, 0.15) is 0 Å². The predicted octanol–water partition coefficient (Wildman–Crippen LogP) is -0.621. The smallest absolute Gasteiger partial charge is 0.338 e. The molecule has 0 radical (unpaired) electrons. The van der Waals surface area contributed by atoms with Crippen LogP contribution in [0.15, 0.2) is 0 Å². The van der Waals surface area contributed by atoms with Gasteiger partial charge in [-0.3, -0.25) is 0 Å². The van der Waals surface area contributed by atoms with Gasteiger partial charge >= 0.3 is 11.9 Å². The van der Waals surface area contributed by atoms with Crippen LogP contribution in [0.2, 0.25) is 0 Å². The van der Waals surface area contributed by atoms with Crippen LogP contribution in [-0.2, 0) is 9.59 Å². The molecule has 1 aliphatic heterocycles. The Kier molecular flexibility index (Phi) is 2.03. The molecule has 6 heteroatoms. The van der Waals surface area contributed by atoms with Crippen LogP contribution >= 0.6 is 0 Å². The van der Waals surface area contributed by atoms with Gasteiger partial charge in [0.15, 0.2) is 0 Å². The SMILES string of the molecule is O=C(O)C1(C(=O)O)CCCN1O. The van der Waals surface area contributed by atoms with Crippen molar-refractivity contribution >= 4 is 11.9 Å². The first-order valence-corrected chi connectivity index (χ1v) is 3.45. The summed E-state index contributed by atoms with van der Waals surface area (Å²) in [4.78, 5) is 21.2. The Labute approximate surface area is 68.0 Å². The molecule has 1 heterocycles. The summed E-state index contributed by atoms with van der Waals surface area (Å²) in [6.45, 7) is 0.0819. The van der Waals surface area contributed by atoms with Crippen LogP contribution < -0.4 is 0 Å². The molecular weight excluding hydrogens is 166 g/mol. The second kappa shape index (κ2) is 2.72. The quantitative estimate of drug-likeness (QED) is 0.484. The summed E-state index contributed by atoms with van der Waals surface area (Å²) >= 11 is 0. The molecule has 3 N–H and O–H groups in total. The second-order valence-electron chi connectivity index (χ2n) is 2.70. The fourth-order valence-corrected chi connectivity index (χ4v) is 1.33. The summed E-state index contributed by atoms with van der Waals surface area (Å²) in [5, 5.41) is 26.7. The summed E-state index contributed by atoms with van der Waals surface area (Å²) in [7, 11) is 0. The topological polar surface area (TPSA) is 98.1 Å². The van der Waals surface area contributed by atoms with E-state index in [1.54, 1.807) is 0 Å². The van der Waals surface area contributed by atoms with Gasteiger partial charge in [-0.2, -0.15) is 5.06 Å². The van der Waals surface area contributed by atoms with Crippen LogP contribution in [-0.4, -0.2) is 44.5 Å². The molecule has 0 aromatic heterocycles. The number of nitrogens with zero attached hydrogens (tertiary/aromatic N) is 1. The van der Waals surface area contributed by atoms with E-state index in [0.717, 1.165) is 0 Å². The highest BCUT2D eigenvalue weighted by atomic mass is 16.5. The van der Waals surface area contributed by atoms with E-state index < -0.39 is 17.5 Å². The van der Waals surface area contributed by atoms with Crippen molar-refractivity contribution in [2.75, 3.05) is 6.54 Å². The van der Waals surface area contributed by atoms with Gasteiger partial charge in [-0.15, -0.1) is 0 Å². The number of aliphatic carboxylic acids is 2.